The predicted molar refractivity (Wildman–Crippen MR) is 85.5 cm³/mol. The van der Waals surface area contributed by atoms with E-state index in [0.717, 1.165) is 12.5 Å². The molecule has 0 bridgehead atoms. The van der Waals surface area contributed by atoms with Gasteiger partial charge in [0.25, 0.3) is 0 Å². The van der Waals surface area contributed by atoms with Gasteiger partial charge in [-0.1, -0.05) is 63.9 Å². The smallest absolute Gasteiger partial charge is 0.00695 e. The molecule has 1 aromatic carbocycles. The molecule has 1 heteroatoms. The summed E-state index contributed by atoms with van der Waals surface area (Å²) >= 11 is 0. The standard InChI is InChI=1S/C18H31N/c1-4-10-16(3)15-18(19-5-2)14-9-13-17-11-7-6-8-12-17/h6-8,11-12,16,18-19H,4-5,9-10,13-15H2,1-3H3. The van der Waals surface area contributed by atoms with Gasteiger partial charge in [-0.25, -0.2) is 0 Å². The minimum absolute atomic E-state index is 0.704. The fourth-order valence-electron chi connectivity index (χ4n) is 2.89. The van der Waals surface area contributed by atoms with Gasteiger partial charge in [-0.2, -0.15) is 0 Å². The summed E-state index contributed by atoms with van der Waals surface area (Å²) in [4.78, 5) is 0. The molecule has 0 aromatic heterocycles. The zero-order chi connectivity index (χ0) is 13.9. The topological polar surface area (TPSA) is 12.0 Å². The molecule has 0 saturated carbocycles. The van der Waals surface area contributed by atoms with Gasteiger partial charge in [0.15, 0.2) is 0 Å². The molecule has 0 fully saturated rings. The Kier molecular flexibility index (Phi) is 8.57. The van der Waals surface area contributed by atoms with Crippen LogP contribution in [0.15, 0.2) is 30.3 Å². The van der Waals surface area contributed by atoms with E-state index in [0.29, 0.717) is 6.04 Å². The minimum Gasteiger partial charge on any atom is -0.314 e. The first-order chi connectivity index (χ1) is 9.26. The molecule has 0 saturated heterocycles. The van der Waals surface area contributed by atoms with Gasteiger partial charge in [-0.05, 0) is 43.7 Å². The molecule has 1 rings (SSSR count). The summed E-state index contributed by atoms with van der Waals surface area (Å²) < 4.78 is 0. The molecular formula is C18H31N. The molecule has 1 N–H and O–H groups in total. The molecule has 0 aliphatic rings. The quantitative estimate of drug-likeness (QED) is 0.637. The van der Waals surface area contributed by atoms with Gasteiger partial charge in [0.1, 0.15) is 0 Å². The van der Waals surface area contributed by atoms with Crippen LogP contribution in [0.3, 0.4) is 0 Å². The van der Waals surface area contributed by atoms with Gasteiger partial charge >= 0.3 is 0 Å². The number of hydrogen-bond donors (Lipinski definition) is 1. The molecule has 1 nitrogen and oxygen atoms in total. The van der Waals surface area contributed by atoms with Gasteiger partial charge in [0.05, 0.1) is 0 Å². The molecule has 1 aromatic rings. The molecule has 0 heterocycles. The van der Waals surface area contributed by atoms with Gasteiger partial charge in [-0.15, -0.1) is 0 Å². The molecule has 19 heavy (non-hydrogen) atoms. The van der Waals surface area contributed by atoms with E-state index in [1.807, 2.05) is 0 Å². The Bertz CT molecular complexity index is 307. The van der Waals surface area contributed by atoms with E-state index in [1.54, 1.807) is 0 Å². The Balaban J connectivity index is 2.28. The van der Waals surface area contributed by atoms with Crippen molar-refractivity contribution in [1.29, 1.82) is 0 Å². The number of rotatable bonds is 10. The Labute approximate surface area is 119 Å². The molecule has 108 valence electrons. The summed E-state index contributed by atoms with van der Waals surface area (Å²) in [6, 6.07) is 11.6. The van der Waals surface area contributed by atoms with E-state index in [1.165, 1.54) is 44.1 Å². The van der Waals surface area contributed by atoms with Crippen LogP contribution in [-0.2, 0) is 6.42 Å². The van der Waals surface area contributed by atoms with E-state index in [4.69, 9.17) is 0 Å². The lowest BCUT2D eigenvalue weighted by atomic mass is 9.93. The first-order valence-electron chi connectivity index (χ1n) is 8.03. The highest BCUT2D eigenvalue weighted by Crippen LogP contribution is 2.16. The second-order valence-corrected chi connectivity index (χ2v) is 5.76. The fraction of sp³-hybridized carbons (Fsp3) is 0.667. The maximum absolute atomic E-state index is 3.66. The average molecular weight is 261 g/mol. The summed E-state index contributed by atoms with van der Waals surface area (Å²) in [5, 5.41) is 3.66. The highest BCUT2D eigenvalue weighted by atomic mass is 14.9. The first-order valence-corrected chi connectivity index (χ1v) is 8.03. The summed E-state index contributed by atoms with van der Waals surface area (Å²) in [7, 11) is 0. The summed E-state index contributed by atoms with van der Waals surface area (Å²) in [6.07, 6.45) is 7.81. The zero-order valence-electron chi connectivity index (χ0n) is 13.0. The van der Waals surface area contributed by atoms with Crippen LogP contribution < -0.4 is 5.32 Å². The molecule has 0 amide bonds. The second-order valence-electron chi connectivity index (χ2n) is 5.76. The van der Waals surface area contributed by atoms with E-state index in [2.05, 4.69) is 56.4 Å². The normalized spacial score (nSPS) is 14.3. The van der Waals surface area contributed by atoms with E-state index in [9.17, 15) is 0 Å². The van der Waals surface area contributed by atoms with Crippen molar-refractivity contribution in [3.8, 4) is 0 Å². The third kappa shape index (κ3) is 7.37. The third-order valence-electron chi connectivity index (χ3n) is 3.82. The van der Waals surface area contributed by atoms with Crippen LogP contribution in [0.5, 0.6) is 0 Å². The van der Waals surface area contributed by atoms with Gasteiger partial charge in [0.2, 0.25) is 0 Å². The summed E-state index contributed by atoms with van der Waals surface area (Å²) in [5.74, 6) is 0.853. The molecule has 2 atom stereocenters. The van der Waals surface area contributed by atoms with E-state index in [-0.39, 0.29) is 0 Å². The molecule has 0 aliphatic heterocycles. The average Bonchev–Trinajstić information content (AvgIpc) is 2.40. The number of aryl methyl sites for hydroxylation is 1. The van der Waals surface area contributed by atoms with Crippen LogP contribution in [0.25, 0.3) is 0 Å². The first kappa shape index (κ1) is 16.2. The van der Waals surface area contributed by atoms with Gasteiger partial charge in [0, 0.05) is 6.04 Å². The summed E-state index contributed by atoms with van der Waals surface area (Å²) in [6.45, 7) is 7.99. The van der Waals surface area contributed by atoms with Crippen LogP contribution >= 0.6 is 0 Å². The van der Waals surface area contributed by atoms with Crippen molar-refractivity contribution in [2.75, 3.05) is 6.54 Å². The monoisotopic (exact) mass is 261 g/mol. The lowest BCUT2D eigenvalue weighted by Crippen LogP contribution is -2.30. The van der Waals surface area contributed by atoms with Crippen LogP contribution in [0, 0.1) is 5.92 Å². The van der Waals surface area contributed by atoms with Crippen molar-refractivity contribution in [3.05, 3.63) is 35.9 Å². The molecule has 0 spiro atoms. The Morgan fingerprint density at radius 2 is 1.79 bits per heavy atom. The van der Waals surface area contributed by atoms with Crippen LogP contribution in [0.2, 0.25) is 0 Å². The second kappa shape index (κ2) is 10.0. The zero-order valence-corrected chi connectivity index (χ0v) is 13.0. The Morgan fingerprint density at radius 3 is 2.42 bits per heavy atom. The lowest BCUT2D eigenvalue weighted by Gasteiger charge is -2.21. The SMILES string of the molecule is CCCC(C)CC(CCCc1ccccc1)NCC. The fourth-order valence-corrected chi connectivity index (χ4v) is 2.89. The van der Waals surface area contributed by atoms with Crippen LogP contribution in [0.4, 0.5) is 0 Å². The maximum atomic E-state index is 3.66. The molecule has 2 unspecified atom stereocenters. The van der Waals surface area contributed by atoms with Gasteiger partial charge in [-0.3, -0.25) is 0 Å². The van der Waals surface area contributed by atoms with Crippen molar-refractivity contribution in [1.82, 2.24) is 5.32 Å². The largest absolute Gasteiger partial charge is 0.314 e. The molecule has 0 radical (unpaired) electrons. The van der Waals surface area contributed by atoms with Crippen molar-refractivity contribution < 1.29 is 0 Å². The summed E-state index contributed by atoms with van der Waals surface area (Å²) in [5.41, 5.74) is 1.47. The number of nitrogens with one attached hydrogen (secondary N) is 1. The predicted octanol–water partition coefficient (Wildman–Crippen LogP) is 4.81. The van der Waals surface area contributed by atoms with Crippen LogP contribution in [-0.4, -0.2) is 12.6 Å². The number of benzene rings is 1. The van der Waals surface area contributed by atoms with Crippen molar-refractivity contribution in [2.24, 2.45) is 5.92 Å². The molecular weight excluding hydrogens is 230 g/mol. The lowest BCUT2D eigenvalue weighted by molar-refractivity contribution is 0.367. The van der Waals surface area contributed by atoms with Gasteiger partial charge < -0.3 is 5.32 Å². The maximum Gasteiger partial charge on any atom is 0.00695 e. The van der Waals surface area contributed by atoms with E-state index >= 15 is 0 Å². The Hall–Kier alpha value is -0.820. The highest BCUT2D eigenvalue weighted by Gasteiger charge is 2.11. The van der Waals surface area contributed by atoms with Crippen LogP contribution in [0.1, 0.15) is 58.4 Å². The highest BCUT2D eigenvalue weighted by molar-refractivity contribution is 5.14. The number of hydrogen-bond acceptors (Lipinski definition) is 1. The Morgan fingerprint density at radius 1 is 1.05 bits per heavy atom. The minimum atomic E-state index is 0.704. The third-order valence-corrected chi connectivity index (χ3v) is 3.82. The van der Waals surface area contributed by atoms with Crippen molar-refractivity contribution >= 4 is 0 Å². The molecule has 0 aliphatic carbocycles. The van der Waals surface area contributed by atoms with E-state index < -0.39 is 0 Å². The van der Waals surface area contributed by atoms with Crippen molar-refractivity contribution in [3.63, 3.8) is 0 Å². The van der Waals surface area contributed by atoms with Crippen molar-refractivity contribution in [2.45, 2.75) is 65.3 Å².